The van der Waals surface area contributed by atoms with Gasteiger partial charge < -0.3 is 15.5 Å². The van der Waals surface area contributed by atoms with Crippen LogP contribution in [0.3, 0.4) is 0 Å². The van der Waals surface area contributed by atoms with Crippen LogP contribution in [0.4, 0.5) is 4.79 Å². The number of carbonyl (C=O) groups is 1. The van der Waals surface area contributed by atoms with Crippen molar-refractivity contribution in [2.75, 3.05) is 45.8 Å². The van der Waals surface area contributed by atoms with Crippen molar-refractivity contribution in [3.8, 4) is 0 Å². The zero-order valence-electron chi connectivity index (χ0n) is 13.3. The number of likely N-dealkylation sites (tertiary alicyclic amines) is 1. The lowest BCUT2D eigenvalue weighted by Crippen LogP contribution is -2.60. The molecule has 0 unspecified atom stereocenters. The molecule has 0 bridgehead atoms. The molecule has 2 aliphatic rings. The largest absolute Gasteiger partial charge is 0.329 e. The van der Waals surface area contributed by atoms with Crippen molar-refractivity contribution in [3.05, 3.63) is 0 Å². The number of rotatable bonds is 2. The Morgan fingerprint density at radius 1 is 1.05 bits per heavy atom. The summed E-state index contributed by atoms with van der Waals surface area (Å²) in [6.45, 7) is 12.7. The minimum Gasteiger partial charge on any atom is -0.329 e. The molecule has 2 saturated heterocycles. The van der Waals surface area contributed by atoms with Crippen LogP contribution >= 0.6 is 0 Å². The molecule has 0 aliphatic carbocycles. The zero-order valence-corrected chi connectivity index (χ0v) is 13.3. The van der Waals surface area contributed by atoms with Gasteiger partial charge in [-0.1, -0.05) is 6.92 Å². The number of nitrogens with zero attached hydrogens (tertiary/aromatic N) is 3. The molecule has 116 valence electrons. The number of urea groups is 1. The molecule has 2 heterocycles. The number of amides is 2. The molecule has 2 amide bonds. The molecule has 0 radical (unpaired) electrons. The van der Waals surface area contributed by atoms with Crippen molar-refractivity contribution in [2.45, 2.75) is 39.2 Å². The van der Waals surface area contributed by atoms with Gasteiger partial charge in [-0.25, -0.2) is 4.79 Å². The smallest absolute Gasteiger partial charge is 0.320 e. The van der Waals surface area contributed by atoms with E-state index in [2.05, 4.69) is 25.7 Å². The highest BCUT2D eigenvalue weighted by Crippen LogP contribution is 2.19. The molecule has 0 atom stereocenters. The van der Waals surface area contributed by atoms with Crippen LogP contribution in [-0.4, -0.2) is 72.1 Å². The number of carbonyl (C=O) groups excluding carboxylic acids is 1. The minimum atomic E-state index is 0.0374. The van der Waals surface area contributed by atoms with E-state index < -0.39 is 0 Å². The summed E-state index contributed by atoms with van der Waals surface area (Å²) in [4.78, 5) is 18.9. The molecule has 5 nitrogen and oxygen atoms in total. The third-order valence-corrected chi connectivity index (χ3v) is 4.96. The van der Waals surface area contributed by atoms with Crippen molar-refractivity contribution in [2.24, 2.45) is 11.7 Å². The maximum Gasteiger partial charge on any atom is 0.320 e. The van der Waals surface area contributed by atoms with Crippen LogP contribution in [0.5, 0.6) is 0 Å². The Morgan fingerprint density at radius 2 is 1.55 bits per heavy atom. The van der Waals surface area contributed by atoms with Gasteiger partial charge in [0.1, 0.15) is 0 Å². The van der Waals surface area contributed by atoms with Gasteiger partial charge >= 0.3 is 6.03 Å². The van der Waals surface area contributed by atoms with E-state index in [4.69, 9.17) is 5.73 Å². The molecule has 2 fully saturated rings. The second kappa shape index (κ2) is 6.31. The van der Waals surface area contributed by atoms with E-state index in [0.29, 0.717) is 6.54 Å². The van der Waals surface area contributed by atoms with E-state index in [-0.39, 0.29) is 11.6 Å². The van der Waals surface area contributed by atoms with E-state index in [0.717, 1.165) is 58.0 Å². The highest BCUT2D eigenvalue weighted by Gasteiger charge is 2.32. The summed E-state index contributed by atoms with van der Waals surface area (Å²) in [5, 5.41) is 0. The number of nitrogens with two attached hydrogens (primary N) is 1. The summed E-state index contributed by atoms with van der Waals surface area (Å²) in [5.41, 5.74) is 5.87. The molecule has 2 rings (SSSR count). The predicted molar refractivity (Wildman–Crippen MR) is 81.6 cm³/mol. The van der Waals surface area contributed by atoms with Crippen molar-refractivity contribution in [1.82, 2.24) is 14.7 Å². The van der Waals surface area contributed by atoms with Crippen LogP contribution in [0.25, 0.3) is 0 Å². The average Bonchev–Trinajstić information content (AvgIpc) is 2.47. The summed E-state index contributed by atoms with van der Waals surface area (Å²) < 4.78 is 0. The molecule has 0 aromatic rings. The fraction of sp³-hybridized carbons (Fsp3) is 0.933. The Morgan fingerprint density at radius 3 is 2.05 bits per heavy atom. The molecule has 0 aromatic heterocycles. The quantitative estimate of drug-likeness (QED) is 0.828. The van der Waals surface area contributed by atoms with Crippen molar-refractivity contribution in [1.29, 1.82) is 0 Å². The first kappa shape index (κ1) is 15.6. The second-order valence-electron chi connectivity index (χ2n) is 6.94. The van der Waals surface area contributed by atoms with Crippen LogP contribution in [0.2, 0.25) is 0 Å². The highest BCUT2D eigenvalue weighted by atomic mass is 16.2. The average molecular weight is 282 g/mol. The van der Waals surface area contributed by atoms with Gasteiger partial charge in [0.15, 0.2) is 0 Å². The molecule has 2 N–H and O–H groups in total. The van der Waals surface area contributed by atoms with E-state index in [9.17, 15) is 4.79 Å². The van der Waals surface area contributed by atoms with E-state index in [1.165, 1.54) is 0 Å². The van der Waals surface area contributed by atoms with Gasteiger partial charge in [0.2, 0.25) is 0 Å². The van der Waals surface area contributed by atoms with E-state index >= 15 is 0 Å². The summed E-state index contributed by atoms with van der Waals surface area (Å²) in [5.74, 6) is 0.765. The van der Waals surface area contributed by atoms with Crippen LogP contribution in [0.1, 0.15) is 33.6 Å². The molecule has 20 heavy (non-hydrogen) atoms. The van der Waals surface area contributed by atoms with Gasteiger partial charge in [-0.15, -0.1) is 0 Å². The van der Waals surface area contributed by atoms with Crippen LogP contribution in [-0.2, 0) is 0 Å². The lowest BCUT2D eigenvalue weighted by Gasteiger charge is -2.45. The Labute approximate surface area is 123 Å². The summed E-state index contributed by atoms with van der Waals surface area (Å²) in [6.07, 6.45) is 2.29. The highest BCUT2D eigenvalue weighted by molar-refractivity contribution is 5.74. The topological polar surface area (TPSA) is 52.8 Å². The molecular weight excluding hydrogens is 252 g/mol. The van der Waals surface area contributed by atoms with Crippen molar-refractivity contribution < 1.29 is 4.79 Å². The van der Waals surface area contributed by atoms with Crippen LogP contribution < -0.4 is 5.73 Å². The SMILES string of the molecule is CC1CCN(C(=O)N2CCN(C(C)(C)CN)CC2)CC1. The first-order valence-electron chi connectivity index (χ1n) is 7.93. The molecule has 0 saturated carbocycles. The fourth-order valence-corrected chi connectivity index (χ4v) is 3.03. The Hall–Kier alpha value is -0.810. The first-order valence-corrected chi connectivity index (χ1v) is 7.93. The minimum absolute atomic E-state index is 0.0374. The van der Waals surface area contributed by atoms with Gasteiger partial charge in [-0.05, 0) is 32.6 Å². The molecule has 0 aromatic carbocycles. The monoisotopic (exact) mass is 282 g/mol. The number of hydrogen-bond donors (Lipinski definition) is 1. The Balaban J connectivity index is 1.83. The summed E-state index contributed by atoms with van der Waals surface area (Å²) in [7, 11) is 0. The summed E-state index contributed by atoms with van der Waals surface area (Å²) >= 11 is 0. The van der Waals surface area contributed by atoms with Gasteiger partial charge in [-0.3, -0.25) is 4.90 Å². The van der Waals surface area contributed by atoms with Gasteiger partial charge in [-0.2, -0.15) is 0 Å². The maximum absolute atomic E-state index is 12.5. The second-order valence-corrected chi connectivity index (χ2v) is 6.94. The van der Waals surface area contributed by atoms with E-state index in [1.807, 2.05) is 9.80 Å². The number of piperazine rings is 1. The molecule has 5 heteroatoms. The zero-order chi connectivity index (χ0) is 14.8. The summed E-state index contributed by atoms with van der Waals surface area (Å²) in [6, 6.07) is 0.238. The number of hydrogen-bond acceptors (Lipinski definition) is 3. The Bertz CT molecular complexity index is 329. The lowest BCUT2D eigenvalue weighted by molar-refractivity contribution is 0.0560. The van der Waals surface area contributed by atoms with Crippen molar-refractivity contribution >= 4 is 6.03 Å². The fourth-order valence-electron chi connectivity index (χ4n) is 3.03. The lowest BCUT2D eigenvalue weighted by atomic mass is 9.99. The predicted octanol–water partition coefficient (Wildman–Crippen LogP) is 1.19. The van der Waals surface area contributed by atoms with Gasteiger partial charge in [0, 0.05) is 51.4 Å². The molecule has 0 spiro atoms. The normalized spacial score (nSPS) is 23.2. The molecular formula is C15H30N4O. The number of piperidine rings is 1. The van der Waals surface area contributed by atoms with Gasteiger partial charge in [0.05, 0.1) is 0 Å². The van der Waals surface area contributed by atoms with Crippen LogP contribution in [0.15, 0.2) is 0 Å². The third-order valence-electron chi connectivity index (χ3n) is 4.96. The van der Waals surface area contributed by atoms with E-state index in [1.54, 1.807) is 0 Å². The Kier molecular flexibility index (Phi) is 4.91. The standard InChI is InChI=1S/C15H30N4O/c1-13-4-6-17(7-5-13)14(20)18-8-10-19(11-9-18)15(2,3)12-16/h13H,4-12,16H2,1-3H3. The van der Waals surface area contributed by atoms with Gasteiger partial charge in [0.25, 0.3) is 0 Å². The molecule has 2 aliphatic heterocycles. The van der Waals surface area contributed by atoms with Crippen molar-refractivity contribution in [3.63, 3.8) is 0 Å². The third kappa shape index (κ3) is 3.44. The maximum atomic E-state index is 12.5. The van der Waals surface area contributed by atoms with Crippen LogP contribution in [0, 0.1) is 5.92 Å². The first-order chi connectivity index (χ1) is 9.44.